The van der Waals surface area contributed by atoms with Crippen LogP contribution in [-0.4, -0.2) is 28.5 Å². The van der Waals surface area contributed by atoms with Gasteiger partial charge in [-0.1, -0.05) is 36.0 Å². The van der Waals surface area contributed by atoms with Crippen LogP contribution < -0.4 is 5.73 Å². The monoisotopic (exact) mass is 268 g/mol. The number of hydrogen-bond donors (Lipinski definition) is 1. The summed E-state index contributed by atoms with van der Waals surface area (Å²) in [6.07, 6.45) is 1.90. The average molecular weight is 269 g/mol. The highest BCUT2D eigenvalue weighted by Gasteiger charge is 2.34. The fourth-order valence-corrected chi connectivity index (χ4v) is 2.60. The maximum Gasteiger partial charge on any atom is 0.0979 e. The third kappa shape index (κ3) is 2.97. The maximum absolute atomic E-state index is 6.10. The van der Waals surface area contributed by atoms with Gasteiger partial charge in [0.05, 0.1) is 10.5 Å². The van der Waals surface area contributed by atoms with E-state index in [1.54, 1.807) is 0 Å². The second-order valence-electron chi connectivity index (χ2n) is 4.84. The molecule has 1 atom stereocenters. The van der Waals surface area contributed by atoms with Gasteiger partial charge < -0.3 is 10.6 Å². The standard InChI is InChI=1S/C13H17ClN2S/c1-13(15)6-8-16(12(13)17)7-5-10-3-2-4-11(14)9-10/h2-4,9H,5-8,15H2,1H3. The van der Waals surface area contributed by atoms with E-state index in [0.717, 1.165) is 35.9 Å². The molecule has 17 heavy (non-hydrogen) atoms. The van der Waals surface area contributed by atoms with Crippen LogP contribution in [0.15, 0.2) is 24.3 Å². The minimum atomic E-state index is -0.302. The molecule has 1 unspecified atom stereocenters. The minimum absolute atomic E-state index is 0.302. The zero-order valence-corrected chi connectivity index (χ0v) is 11.5. The molecular formula is C13H17ClN2S. The first-order chi connectivity index (χ1) is 7.99. The van der Waals surface area contributed by atoms with Crippen molar-refractivity contribution < 1.29 is 0 Å². The lowest BCUT2D eigenvalue weighted by Gasteiger charge is -2.22. The number of thiocarbonyl (C=S) groups is 1. The van der Waals surface area contributed by atoms with Crippen molar-refractivity contribution in [3.05, 3.63) is 34.9 Å². The Kier molecular flexibility index (Phi) is 3.71. The molecular weight excluding hydrogens is 252 g/mol. The maximum atomic E-state index is 6.10. The van der Waals surface area contributed by atoms with Crippen molar-refractivity contribution in [2.75, 3.05) is 13.1 Å². The molecule has 92 valence electrons. The van der Waals surface area contributed by atoms with E-state index in [-0.39, 0.29) is 5.54 Å². The molecule has 0 aromatic heterocycles. The highest BCUT2D eigenvalue weighted by Crippen LogP contribution is 2.21. The molecule has 0 aliphatic carbocycles. The fraction of sp³-hybridized carbons (Fsp3) is 0.462. The Labute approximate surface area is 113 Å². The fourth-order valence-electron chi connectivity index (χ4n) is 2.11. The zero-order valence-electron chi connectivity index (χ0n) is 9.95. The average Bonchev–Trinajstić information content (AvgIpc) is 2.52. The highest BCUT2D eigenvalue weighted by molar-refractivity contribution is 7.80. The molecule has 2 nitrogen and oxygen atoms in total. The lowest BCUT2D eigenvalue weighted by Crippen LogP contribution is -2.44. The summed E-state index contributed by atoms with van der Waals surface area (Å²) >= 11 is 11.3. The Morgan fingerprint density at radius 1 is 1.53 bits per heavy atom. The molecule has 2 N–H and O–H groups in total. The number of benzene rings is 1. The van der Waals surface area contributed by atoms with Crippen LogP contribution in [0.25, 0.3) is 0 Å². The smallest absolute Gasteiger partial charge is 0.0979 e. The summed E-state index contributed by atoms with van der Waals surface area (Å²) in [5, 5.41) is 0.787. The van der Waals surface area contributed by atoms with Gasteiger partial charge in [0.25, 0.3) is 0 Å². The number of nitrogens with zero attached hydrogens (tertiary/aromatic N) is 1. The van der Waals surface area contributed by atoms with Gasteiger partial charge in [-0.15, -0.1) is 0 Å². The van der Waals surface area contributed by atoms with Crippen LogP contribution in [-0.2, 0) is 6.42 Å². The van der Waals surface area contributed by atoms with Crippen molar-refractivity contribution in [2.24, 2.45) is 5.73 Å². The van der Waals surface area contributed by atoms with Crippen LogP contribution >= 0.6 is 23.8 Å². The van der Waals surface area contributed by atoms with E-state index in [2.05, 4.69) is 11.0 Å². The quantitative estimate of drug-likeness (QED) is 0.855. The number of hydrogen-bond acceptors (Lipinski definition) is 2. The van der Waals surface area contributed by atoms with Gasteiger partial charge in [0.15, 0.2) is 0 Å². The van der Waals surface area contributed by atoms with E-state index >= 15 is 0 Å². The number of halogens is 1. The molecule has 1 aliphatic rings. The van der Waals surface area contributed by atoms with Gasteiger partial charge in [0.2, 0.25) is 0 Å². The van der Waals surface area contributed by atoms with Crippen LogP contribution in [0, 0.1) is 0 Å². The predicted octanol–water partition coefficient (Wildman–Crippen LogP) is 2.63. The largest absolute Gasteiger partial charge is 0.364 e. The molecule has 0 spiro atoms. The van der Waals surface area contributed by atoms with Crippen LogP contribution in [0.3, 0.4) is 0 Å². The summed E-state index contributed by atoms with van der Waals surface area (Å²) in [6, 6.07) is 7.96. The first kappa shape index (κ1) is 12.8. The zero-order chi connectivity index (χ0) is 12.5. The normalized spacial score (nSPS) is 24.4. The molecule has 0 radical (unpaired) electrons. The summed E-state index contributed by atoms with van der Waals surface area (Å²) in [5.41, 5.74) is 7.04. The molecule has 2 rings (SSSR count). The van der Waals surface area contributed by atoms with Gasteiger partial charge in [-0.2, -0.15) is 0 Å². The molecule has 1 aliphatic heterocycles. The van der Waals surface area contributed by atoms with E-state index in [0.29, 0.717) is 0 Å². The molecule has 0 saturated carbocycles. The van der Waals surface area contributed by atoms with Gasteiger partial charge in [-0.05, 0) is 37.5 Å². The van der Waals surface area contributed by atoms with Gasteiger partial charge in [-0.25, -0.2) is 0 Å². The topological polar surface area (TPSA) is 29.3 Å². The van der Waals surface area contributed by atoms with Crippen molar-refractivity contribution in [2.45, 2.75) is 25.3 Å². The molecule has 1 aromatic carbocycles. The molecule has 0 bridgehead atoms. The Bertz CT molecular complexity index is 431. The minimum Gasteiger partial charge on any atom is -0.364 e. The van der Waals surface area contributed by atoms with E-state index in [1.165, 1.54) is 5.56 Å². The highest BCUT2D eigenvalue weighted by atomic mass is 35.5. The summed E-state index contributed by atoms with van der Waals surface area (Å²) in [4.78, 5) is 3.09. The number of likely N-dealkylation sites (tertiary alicyclic amines) is 1. The summed E-state index contributed by atoms with van der Waals surface area (Å²) in [7, 11) is 0. The SMILES string of the molecule is CC1(N)CCN(CCc2cccc(Cl)c2)C1=S. The summed E-state index contributed by atoms with van der Waals surface area (Å²) in [6.45, 7) is 3.90. The van der Waals surface area contributed by atoms with E-state index in [9.17, 15) is 0 Å². The number of nitrogens with two attached hydrogens (primary N) is 1. The first-order valence-corrected chi connectivity index (χ1v) is 6.60. The van der Waals surface area contributed by atoms with Crippen molar-refractivity contribution in [1.82, 2.24) is 4.90 Å². The molecule has 1 aromatic rings. The predicted molar refractivity (Wildman–Crippen MR) is 76.5 cm³/mol. The first-order valence-electron chi connectivity index (χ1n) is 5.82. The molecule has 0 amide bonds. The second-order valence-corrected chi connectivity index (χ2v) is 5.66. The lowest BCUT2D eigenvalue weighted by atomic mass is 10.0. The van der Waals surface area contributed by atoms with E-state index in [4.69, 9.17) is 29.6 Å². The summed E-state index contributed by atoms with van der Waals surface area (Å²) in [5.74, 6) is 0. The summed E-state index contributed by atoms with van der Waals surface area (Å²) < 4.78 is 0. The Morgan fingerprint density at radius 2 is 2.29 bits per heavy atom. The Hall–Kier alpha value is -0.640. The molecule has 1 saturated heterocycles. The Morgan fingerprint density at radius 3 is 2.88 bits per heavy atom. The Balaban J connectivity index is 1.94. The molecule has 1 fully saturated rings. The molecule has 1 heterocycles. The van der Waals surface area contributed by atoms with E-state index in [1.807, 2.05) is 25.1 Å². The van der Waals surface area contributed by atoms with E-state index < -0.39 is 0 Å². The van der Waals surface area contributed by atoms with Crippen molar-refractivity contribution in [3.8, 4) is 0 Å². The third-order valence-corrected chi connectivity index (χ3v) is 4.20. The van der Waals surface area contributed by atoms with Crippen LogP contribution in [0.2, 0.25) is 5.02 Å². The molecule has 4 heteroatoms. The number of rotatable bonds is 3. The van der Waals surface area contributed by atoms with Crippen molar-refractivity contribution >= 4 is 28.8 Å². The van der Waals surface area contributed by atoms with Gasteiger partial charge in [0, 0.05) is 18.1 Å². The van der Waals surface area contributed by atoms with Crippen LogP contribution in [0.1, 0.15) is 18.9 Å². The second kappa shape index (κ2) is 4.92. The van der Waals surface area contributed by atoms with Crippen LogP contribution in [0.5, 0.6) is 0 Å². The van der Waals surface area contributed by atoms with Crippen molar-refractivity contribution in [3.63, 3.8) is 0 Å². The van der Waals surface area contributed by atoms with Crippen molar-refractivity contribution in [1.29, 1.82) is 0 Å². The van der Waals surface area contributed by atoms with Crippen LogP contribution in [0.4, 0.5) is 0 Å². The third-order valence-electron chi connectivity index (χ3n) is 3.24. The van der Waals surface area contributed by atoms with Gasteiger partial charge in [-0.3, -0.25) is 0 Å². The van der Waals surface area contributed by atoms with Gasteiger partial charge >= 0.3 is 0 Å². The van der Waals surface area contributed by atoms with Gasteiger partial charge in [0.1, 0.15) is 0 Å². The lowest BCUT2D eigenvalue weighted by molar-refractivity contribution is 0.461.